The fourth-order valence-electron chi connectivity index (χ4n) is 6.66. The van der Waals surface area contributed by atoms with E-state index in [0.717, 1.165) is 11.8 Å². The molecule has 3 heterocycles. The third-order valence-corrected chi connectivity index (χ3v) is 9.12. The molecular weight excluding hydrogens is 382 g/mol. The van der Waals surface area contributed by atoms with E-state index in [1.807, 2.05) is 0 Å². The molecule has 4 nitrogen and oxygen atoms in total. The van der Waals surface area contributed by atoms with Crippen LogP contribution in [-0.4, -0.2) is 84.3 Å². The van der Waals surface area contributed by atoms with Crippen LogP contribution in [0.3, 0.4) is 0 Å². The Labute approximate surface area is 193 Å². The lowest BCUT2D eigenvalue weighted by atomic mass is 9.70. The zero-order chi connectivity index (χ0) is 22.3. The fraction of sp³-hybridized carbons (Fsp3) is 1.00. The van der Waals surface area contributed by atoms with Crippen LogP contribution in [0.25, 0.3) is 0 Å². The van der Waals surface area contributed by atoms with Crippen molar-refractivity contribution in [2.75, 3.05) is 52.4 Å². The molecule has 0 amide bonds. The van der Waals surface area contributed by atoms with Crippen molar-refractivity contribution in [1.82, 2.24) is 14.7 Å². The summed E-state index contributed by atoms with van der Waals surface area (Å²) in [5.41, 5.74) is 1.07. The number of ether oxygens (including phenoxy) is 1. The molecule has 0 aromatic heterocycles. The quantitative estimate of drug-likeness (QED) is 0.570. The molecule has 3 aliphatic heterocycles. The first-order chi connectivity index (χ1) is 14.6. The maximum Gasteiger partial charge on any atom is 0.0602 e. The first kappa shape index (κ1) is 24.0. The number of hydrogen-bond donors (Lipinski definition) is 0. The van der Waals surface area contributed by atoms with Crippen LogP contribution in [0.1, 0.15) is 86.5 Å². The van der Waals surface area contributed by atoms with Gasteiger partial charge in [0.25, 0.3) is 0 Å². The maximum atomic E-state index is 6.12. The summed E-state index contributed by atoms with van der Waals surface area (Å²) in [4.78, 5) is 8.29. The zero-order valence-corrected chi connectivity index (χ0v) is 21.6. The van der Waals surface area contributed by atoms with Gasteiger partial charge < -0.3 is 14.5 Å². The number of rotatable bonds is 7. The normalized spacial score (nSPS) is 31.5. The topological polar surface area (TPSA) is 19.0 Å². The Kier molecular flexibility index (Phi) is 7.14. The highest BCUT2D eigenvalue weighted by molar-refractivity contribution is 5.00. The van der Waals surface area contributed by atoms with Crippen LogP contribution >= 0.6 is 0 Å². The second-order valence-corrected chi connectivity index (χ2v) is 13.3. The van der Waals surface area contributed by atoms with Gasteiger partial charge in [-0.25, -0.2) is 0 Å². The van der Waals surface area contributed by atoms with E-state index in [-0.39, 0.29) is 5.60 Å². The Bertz CT molecular complexity index is 568. The van der Waals surface area contributed by atoms with Gasteiger partial charge in [0.15, 0.2) is 0 Å². The molecule has 0 atom stereocenters. The van der Waals surface area contributed by atoms with Crippen LogP contribution in [0, 0.1) is 17.3 Å². The third kappa shape index (κ3) is 6.05. The van der Waals surface area contributed by atoms with Crippen LogP contribution in [-0.2, 0) is 4.74 Å². The molecule has 0 radical (unpaired) electrons. The van der Waals surface area contributed by atoms with Gasteiger partial charge in [-0.1, -0.05) is 6.92 Å². The Morgan fingerprint density at radius 3 is 1.94 bits per heavy atom. The molecule has 0 aromatic rings. The van der Waals surface area contributed by atoms with Crippen LogP contribution in [0.15, 0.2) is 0 Å². The van der Waals surface area contributed by atoms with Crippen LogP contribution < -0.4 is 0 Å². The molecule has 4 heteroatoms. The molecule has 4 aliphatic rings. The van der Waals surface area contributed by atoms with Crippen molar-refractivity contribution in [1.29, 1.82) is 0 Å². The second kappa shape index (κ2) is 9.24. The average Bonchev–Trinajstić information content (AvgIpc) is 2.66. The monoisotopic (exact) mass is 433 g/mol. The summed E-state index contributed by atoms with van der Waals surface area (Å²) in [6.07, 6.45) is 10.0. The van der Waals surface area contributed by atoms with E-state index in [9.17, 15) is 0 Å². The summed E-state index contributed by atoms with van der Waals surface area (Å²) in [7, 11) is 0. The van der Waals surface area contributed by atoms with E-state index < -0.39 is 0 Å². The molecule has 0 unspecified atom stereocenters. The van der Waals surface area contributed by atoms with Crippen LogP contribution in [0.5, 0.6) is 0 Å². The van der Waals surface area contributed by atoms with E-state index in [2.05, 4.69) is 56.2 Å². The highest BCUT2D eigenvalue weighted by atomic mass is 16.5. The Morgan fingerprint density at radius 1 is 0.806 bits per heavy atom. The standard InChI is InChI=1S/C27H51N3O/c1-7-26(5,6)30-14-10-27(11-15-30)20-29(21-27)18-22-8-12-28(13-9-22)19-23-16-24(17-23)31-25(2,3)4/h22-24H,7-21H2,1-6H3. The summed E-state index contributed by atoms with van der Waals surface area (Å²) in [5, 5.41) is 0. The van der Waals surface area contributed by atoms with E-state index >= 15 is 0 Å². The second-order valence-electron chi connectivity index (χ2n) is 13.3. The van der Waals surface area contributed by atoms with Gasteiger partial charge in [-0.15, -0.1) is 0 Å². The smallest absolute Gasteiger partial charge is 0.0602 e. The molecule has 180 valence electrons. The van der Waals surface area contributed by atoms with Crippen LogP contribution in [0.4, 0.5) is 0 Å². The lowest BCUT2D eigenvalue weighted by molar-refractivity contribution is -0.116. The minimum atomic E-state index is 0.0204. The van der Waals surface area contributed by atoms with Gasteiger partial charge in [0.1, 0.15) is 0 Å². The van der Waals surface area contributed by atoms with Crippen molar-refractivity contribution in [3.63, 3.8) is 0 Å². The number of hydrogen-bond acceptors (Lipinski definition) is 4. The minimum Gasteiger partial charge on any atom is -0.373 e. The van der Waals surface area contributed by atoms with Crippen LogP contribution in [0.2, 0.25) is 0 Å². The van der Waals surface area contributed by atoms with Gasteiger partial charge >= 0.3 is 0 Å². The molecule has 3 saturated heterocycles. The first-order valence-corrected chi connectivity index (χ1v) is 13.4. The van der Waals surface area contributed by atoms with Crippen molar-refractivity contribution < 1.29 is 4.74 Å². The minimum absolute atomic E-state index is 0.0204. The first-order valence-electron chi connectivity index (χ1n) is 13.4. The average molecular weight is 434 g/mol. The van der Waals surface area contributed by atoms with Gasteiger partial charge in [-0.05, 0) is 123 Å². The van der Waals surface area contributed by atoms with Gasteiger partial charge in [0.05, 0.1) is 11.7 Å². The van der Waals surface area contributed by atoms with Gasteiger partial charge in [-0.2, -0.15) is 0 Å². The van der Waals surface area contributed by atoms with Gasteiger partial charge in [0, 0.05) is 31.7 Å². The molecule has 1 spiro atoms. The molecular formula is C27H51N3O. The summed E-state index contributed by atoms with van der Waals surface area (Å²) < 4.78 is 6.12. The van der Waals surface area contributed by atoms with Crippen molar-refractivity contribution in [2.45, 2.75) is 104 Å². The van der Waals surface area contributed by atoms with Gasteiger partial charge in [0.2, 0.25) is 0 Å². The highest BCUT2D eigenvalue weighted by Crippen LogP contribution is 2.43. The Hall–Kier alpha value is -0.160. The predicted octanol–water partition coefficient (Wildman–Crippen LogP) is 4.88. The number of likely N-dealkylation sites (tertiary alicyclic amines) is 3. The molecule has 0 bridgehead atoms. The zero-order valence-electron chi connectivity index (χ0n) is 21.6. The number of nitrogens with zero attached hydrogens (tertiary/aromatic N) is 3. The fourth-order valence-corrected chi connectivity index (χ4v) is 6.66. The molecule has 0 aromatic carbocycles. The summed E-state index contributed by atoms with van der Waals surface area (Å²) >= 11 is 0. The lowest BCUT2D eigenvalue weighted by Gasteiger charge is -2.57. The molecule has 31 heavy (non-hydrogen) atoms. The van der Waals surface area contributed by atoms with E-state index in [0.29, 0.717) is 17.1 Å². The van der Waals surface area contributed by atoms with Crippen molar-refractivity contribution in [3.8, 4) is 0 Å². The third-order valence-electron chi connectivity index (χ3n) is 9.12. The Balaban J connectivity index is 1.09. The largest absolute Gasteiger partial charge is 0.373 e. The highest BCUT2D eigenvalue weighted by Gasteiger charge is 2.46. The van der Waals surface area contributed by atoms with Crippen molar-refractivity contribution in [3.05, 3.63) is 0 Å². The van der Waals surface area contributed by atoms with Crippen molar-refractivity contribution >= 4 is 0 Å². The Morgan fingerprint density at radius 2 is 1.39 bits per heavy atom. The lowest BCUT2D eigenvalue weighted by Crippen LogP contribution is -2.62. The molecule has 4 rings (SSSR count). The van der Waals surface area contributed by atoms with E-state index in [1.165, 1.54) is 97.3 Å². The molecule has 1 aliphatic carbocycles. The molecule has 4 fully saturated rings. The number of piperidine rings is 2. The van der Waals surface area contributed by atoms with Crippen molar-refractivity contribution in [2.24, 2.45) is 17.3 Å². The van der Waals surface area contributed by atoms with E-state index in [4.69, 9.17) is 4.74 Å². The summed E-state index contributed by atoms with van der Waals surface area (Å²) in [5.74, 6) is 1.81. The summed E-state index contributed by atoms with van der Waals surface area (Å²) in [6.45, 7) is 24.5. The molecule has 0 N–H and O–H groups in total. The van der Waals surface area contributed by atoms with E-state index in [1.54, 1.807) is 0 Å². The maximum absolute atomic E-state index is 6.12. The SMILES string of the molecule is CCC(C)(C)N1CCC2(CC1)CN(CC1CCN(CC3CC(OC(C)(C)C)C3)CC1)C2. The summed E-state index contributed by atoms with van der Waals surface area (Å²) in [6, 6.07) is 0. The molecule has 1 saturated carbocycles. The predicted molar refractivity (Wildman–Crippen MR) is 131 cm³/mol. The van der Waals surface area contributed by atoms with Gasteiger partial charge in [-0.3, -0.25) is 4.90 Å².